The number of nitriles is 1. The number of pyridine rings is 1. The zero-order valence-corrected chi connectivity index (χ0v) is 13.6. The molecule has 0 aliphatic rings. The summed E-state index contributed by atoms with van der Waals surface area (Å²) in [6.45, 7) is 2.04. The first-order valence-electron chi connectivity index (χ1n) is 7.93. The Morgan fingerprint density at radius 2 is 1.76 bits per heavy atom. The van der Waals surface area contributed by atoms with Gasteiger partial charge in [0.25, 0.3) is 0 Å². The van der Waals surface area contributed by atoms with Crippen LogP contribution in [0.5, 0.6) is 0 Å². The van der Waals surface area contributed by atoms with Crippen molar-refractivity contribution in [1.29, 1.82) is 5.26 Å². The standard InChI is InChI=1S/C20H15N5/c1-14-5-2-3-6-17(14)22-20-23-19-8-4-7-18(25(19)24-20)16-11-9-15(13-21)10-12-16/h2-12H,1H3,(H,22,24). The van der Waals surface area contributed by atoms with Crippen LogP contribution in [-0.4, -0.2) is 14.6 Å². The average molecular weight is 325 g/mol. The van der Waals surface area contributed by atoms with E-state index in [4.69, 9.17) is 5.26 Å². The molecule has 2 aromatic heterocycles. The third kappa shape index (κ3) is 2.81. The smallest absolute Gasteiger partial charge is 0.247 e. The van der Waals surface area contributed by atoms with E-state index in [9.17, 15) is 0 Å². The maximum Gasteiger partial charge on any atom is 0.247 e. The molecule has 0 atom stereocenters. The molecule has 5 heteroatoms. The van der Waals surface area contributed by atoms with Crippen LogP contribution in [0.2, 0.25) is 0 Å². The van der Waals surface area contributed by atoms with E-state index in [0.29, 0.717) is 11.5 Å². The quantitative estimate of drug-likeness (QED) is 0.609. The number of nitrogens with one attached hydrogen (secondary N) is 1. The topological polar surface area (TPSA) is 66.0 Å². The van der Waals surface area contributed by atoms with Crippen molar-refractivity contribution >= 4 is 17.3 Å². The third-order valence-corrected chi connectivity index (χ3v) is 4.06. The predicted molar refractivity (Wildman–Crippen MR) is 97.6 cm³/mol. The Hall–Kier alpha value is -3.65. The molecule has 0 saturated carbocycles. The van der Waals surface area contributed by atoms with Crippen molar-refractivity contribution in [1.82, 2.24) is 14.6 Å². The first-order valence-corrected chi connectivity index (χ1v) is 7.93. The second-order valence-corrected chi connectivity index (χ2v) is 5.75. The highest BCUT2D eigenvalue weighted by Gasteiger charge is 2.09. The van der Waals surface area contributed by atoms with Crippen molar-refractivity contribution in [2.75, 3.05) is 5.32 Å². The fraction of sp³-hybridized carbons (Fsp3) is 0.0500. The Labute approximate surface area is 145 Å². The van der Waals surface area contributed by atoms with Crippen molar-refractivity contribution in [3.8, 4) is 17.3 Å². The van der Waals surface area contributed by atoms with E-state index in [1.54, 1.807) is 12.1 Å². The lowest BCUT2D eigenvalue weighted by atomic mass is 10.1. The molecule has 0 saturated heterocycles. The van der Waals surface area contributed by atoms with Gasteiger partial charge in [0.2, 0.25) is 5.95 Å². The molecule has 4 rings (SSSR count). The number of hydrogen-bond donors (Lipinski definition) is 1. The minimum absolute atomic E-state index is 0.551. The number of aryl methyl sites for hydroxylation is 1. The van der Waals surface area contributed by atoms with Crippen molar-refractivity contribution < 1.29 is 0 Å². The molecule has 0 unspecified atom stereocenters. The van der Waals surface area contributed by atoms with Crippen LogP contribution >= 0.6 is 0 Å². The van der Waals surface area contributed by atoms with Gasteiger partial charge in [-0.05, 0) is 42.8 Å². The van der Waals surface area contributed by atoms with E-state index in [2.05, 4.69) is 21.5 Å². The molecular formula is C20H15N5. The Morgan fingerprint density at radius 3 is 2.52 bits per heavy atom. The van der Waals surface area contributed by atoms with Crippen molar-refractivity contribution in [3.63, 3.8) is 0 Å². The summed E-state index contributed by atoms with van der Waals surface area (Å²) in [6.07, 6.45) is 0. The number of rotatable bonds is 3. The second kappa shape index (κ2) is 6.10. The molecule has 0 radical (unpaired) electrons. The monoisotopic (exact) mass is 325 g/mol. The molecule has 0 bridgehead atoms. The third-order valence-electron chi connectivity index (χ3n) is 4.06. The second-order valence-electron chi connectivity index (χ2n) is 5.75. The van der Waals surface area contributed by atoms with Gasteiger partial charge in [-0.2, -0.15) is 10.2 Å². The molecule has 25 heavy (non-hydrogen) atoms. The Balaban J connectivity index is 1.76. The van der Waals surface area contributed by atoms with Crippen LogP contribution in [0.15, 0.2) is 66.7 Å². The molecule has 0 spiro atoms. The number of nitrogens with zero attached hydrogens (tertiary/aromatic N) is 4. The van der Waals surface area contributed by atoms with E-state index in [-0.39, 0.29) is 0 Å². The molecular weight excluding hydrogens is 310 g/mol. The number of fused-ring (bicyclic) bond motifs is 1. The molecule has 0 aliphatic heterocycles. The molecule has 1 N–H and O–H groups in total. The van der Waals surface area contributed by atoms with Gasteiger partial charge in [-0.25, -0.2) is 4.52 Å². The van der Waals surface area contributed by atoms with Crippen LogP contribution in [0.3, 0.4) is 0 Å². The SMILES string of the molecule is Cc1ccccc1Nc1nc2cccc(-c3ccc(C#N)cc3)n2n1. The minimum Gasteiger partial charge on any atom is -0.323 e. The molecule has 120 valence electrons. The summed E-state index contributed by atoms with van der Waals surface area (Å²) >= 11 is 0. The number of para-hydroxylation sites is 1. The van der Waals surface area contributed by atoms with Gasteiger partial charge >= 0.3 is 0 Å². The lowest BCUT2D eigenvalue weighted by molar-refractivity contribution is 0.973. The summed E-state index contributed by atoms with van der Waals surface area (Å²) in [6, 6.07) is 23.5. The Bertz CT molecular complexity index is 1090. The summed E-state index contributed by atoms with van der Waals surface area (Å²) in [5.41, 5.74) is 5.42. The molecule has 2 heterocycles. The highest BCUT2D eigenvalue weighted by atomic mass is 15.4. The van der Waals surface area contributed by atoms with Crippen LogP contribution < -0.4 is 5.32 Å². The van der Waals surface area contributed by atoms with Gasteiger partial charge in [0.05, 0.1) is 17.3 Å². The zero-order chi connectivity index (χ0) is 17.2. The molecule has 0 fully saturated rings. The predicted octanol–water partition coefficient (Wildman–Crippen LogP) is 4.32. The van der Waals surface area contributed by atoms with Crippen molar-refractivity contribution in [2.24, 2.45) is 0 Å². The highest BCUT2D eigenvalue weighted by molar-refractivity contribution is 5.66. The van der Waals surface area contributed by atoms with E-state index < -0.39 is 0 Å². The highest BCUT2D eigenvalue weighted by Crippen LogP contribution is 2.23. The van der Waals surface area contributed by atoms with Crippen LogP contribution in [0.1, 0.15) is 11.1 Å². The maximum absolute atomic E-state index is 8.95. The number of anilines is 2. The molecule has 0 aliphatic carbocycles. The van der Waals surface area contributed by atoms with Crippen LogP contribution in [0, 0.1) is 18.3 Å². The molecule has 5 nitrogen and oxygen atoms in total. The summed E-state index contributed by atoms with van der Waals surface area (Å²) in [5.74, 6) is 0.551. The van der Waals surface area contributed by atoms with E-state index >= 15 is 0 Å². The molecule has 0 amide bonds. The number of benzene rings is 2. The fourth-order valence-electron chi connectivity index (χ4n) is 2.73. The zero-order valence-electron chi connectivity index (χ0n) is 13.6. The normalized spacial score (nSPS) is 10.6. The number of aromatic nitrogens is 3. The van der Waals surface area contributed by atoms with Gasteiger partial charge in [0.1, 0.15) is 0 Å². The Kier molecular flexibility index (Phi) is 3.64. The van der Waals surface area contributed by atoms with E-state index in [0.717, 1.165) is 28.2 Å². The first-order chi connectivity index (χ1) is 12.2. The van der Waals surface area contributed by atoms with Crippen LogP contribution in [0.25, 0.3) is 16.9 Å². The first kappa shape index (κ1) is 14.9. The van der Waals surface area contributed by atoms with Gasteiger partial charge in [-0.3, -0.25) is 0 Å². The van der Waals surface area contributed by atoms with Gasteiger partial charge in [-0.15, -0.1) is 5.10 Å². The lowest BCUT2D eigenvalue weighted by Gasteiger charge is -2.05. The fourth-order valence-corrected chi connectivity index (χ4v) is 2.73. The average Bonchev–Trinajstić information content (AvgIpc) is 3.06. The van der Waals surface area contributed by atoms with E-state index in [1.165, 1.54) is 0 Å². The summed E-state index contributed by atoms with van der Waals surface area (Å²) in [5, 5.41) is 16.8. The lowest BCUT2D eigenvalue weighted by Crippen LogP contribution is -1.96. The van der Waals surface area contributed by atoms with Crippen molar-refractivity contribution in [3.05, 3.63) is 77.9 Å². The van der Waals surface area contributed by atoms with Gasteiger partial charge in [0, 0.05) is 11.3 Å². The summed E-state index contributed by atoms with van der Waals surface area (Å²) in [7, 11) is 0. The van der Waals surface area contributed by atoms with E-state index in [1.807, 2.05) is 66.0 Å². The van der Waals surface area contributed by atoms with Gasteiger partial charge < -0.3 is 5.32 Å². The minimum atomic E-state index is 0.551. The summed E-state index contributed by atoms with van der Waals surface area (Å²) < 4.78 is 1.81. The Morgan fingerprint density at radius 1 is 0.960 bits per heavy atom. The number of hydrogen-bond acceptors (Lipinski definition) is 4. The van der Waals surface area contributed by atoms with Crippen LogP contribution in [-0.2, 0) is 0 Å². The summed E-state index contributed by atoms with van der Waals surface area (Å²) in [4.78, 5) is 4.56. The molecule has 2 aromatic carbocycles. The molecule has 4 aromatic rings. The maximum atomic E-state index is 8.95. The van der Waals surface area contributed by atoms with Crippen molar-refractivity contribution in [2.45, 2.75) is 6.92 Å². The largest absolute Gasteiger partial charge is 0.323 e. The van der Waals surface area contributed by atoms with Gasteiger partial charge in [-0.1, -0.05) is 36.4 Å². The van der Waals surface area contributed by atoms with Crippen LogP contribution in [0.4, 0.5) is 11.6 Å². The van der Waals surface area contributed by atoms with Gasteiger partial charge in [0.15, 0.2) is 5.65 Å².